The van der Waals surface area contributed by atoms with Crippen LogP contribution in [0.3, 0.4) is 0 Å². The first-order valence-corrected chi connectivity index (χ1v) is 6.29. The molecule has 0 nitrogen and oxygen atoms in total. The molecule has 0 aromatic heterocycles. The van der Waals surface area contributed by atoms with Gasteiger partial charge in [-0.3, -0.25) is 0 Å². The van der Waals surface area contributed by atoms with Crippen LogP contribution >= 0.6 is 0 Å². The van der Waals surface area contributed by atoms with Gasteiger partial charge >= 0.3 is 0 Å². The van der Waals surface area contributed by atoms with Gasteiger partial charge in [-0.15, -0.1) is 0 Å². The highest BCUT2D eigenvalue weighted by atomic mass is 19.1. The Labute approximate surface area is 102 Å². The highest BCUT2D eigenvalue weighted by Gasteiger charge is 2.14. The van der Waals surface area contributed by atoms with Gasteiger partial charge in [0.15, 0.2) is 0 Å². The number of allylic oxidation sites excluding steroid dienone is 2. The molecule has 1 unspecified atom stereocenters. The second kappa shape index (κ2) is 7.21. The number of halogens is 2. The Kier molecular flexibility index (Phi) is 5.88. The van der Waals surface area contributed by atoms with E-state index in [1.54, 1.807) is 0 Å². The molecular formula is C15H20F2. The van der Waals surface area contributed by atoms with Gasteiger partial charge in [-0.05, 0) is 48.9 Å². The molecule has 0 fully saturated rings. The van der Waals surface area contributed by atoms with E-state index in [0.29, 0.717) is 5.56 Å². The number of hydrogen-bond acceptors (Lipinski definition) is 0. The Hall–Kier alpha value is -1.18. The van der Waals surface area contributed by atoms with Crippen LogP contribution in [0.1, 0.15) is 51.0 Å². The molecule has 0 aliphatic rings. The van der Waals surface area contributed by atoms with Crippen molar-refractivity contribution >= 4 is 0 Å². The van der Waals surface area contributed by atoms with Crippen molar-refractivity contribution in [1.29, 1.82) is 0 Å². The molecule has 94 valence electrons. The van der Waals surface area contributed by atoms with Gasteiger partial charge in [0.05, 0.1) is 0 Å². The standard InChI is InChI=1S/C15H20F2/c1-3-5-6-8-12(7-4-2)14-11-13(16)9-10-15(14)17/h5-6,9-12H,3-4,7-8H2,1-2H3/b6-5-. The minimum atomic E-state index is -0.359. The van der Waals surface area contributed by atoms with Crippen molar-refractivity contribution in [1.82, 2.24) is 0 Å². The van der Waals surface area contributed by atoms with Crippen molar-refractivity contribution in [2.24, 2.45) is 0 Å². The topological polar surface area (TPSA) is 0 Å². The van der Waals surface area contributed by atoms with Crippen molar-refractivity contribution < 1.29 is 8.78 Å². The Bertz CT molecular complexity index is 369. The third kappa shape index (κ3) is 4.29. The molecule has 1 aromatic rings. The largest absolute Gasteiger partial charge is 0.207 e. The van der Waals surface area contributed by atoms with Crippen molar-refractivity contribution in [3.63, 3.8) is 0 Å². The summed E-state index contributed by atoms with van der Waals surface area (Å²) in [5, 5.41) is 0. The molecule has 17 heavy (non-hydrogen) atoms. The lowest BCUT2D eigenvalue weighted by atomic mass is 9.90. The lowest BCUT2D eigenvalue weighted by Gasteiger charge is -2.15. The van der Waals surface area contributed by atoms with Gasteiger partial charge in [0, 0.05) is 0 Å². The molecule has 0 aliphatic carbocycles. The molecule has 0 saturated carbocycles. The second-order valence-corrected chi connectivity index (χ2v) is 4.27. The van der Waals surface area contributed by atoms with Crippen LogP contribution in [0.4, 0.5) is 8.78 Å². The zero-order valence-electron chi connectivity index (χ0n) is 10.5. The van der Waals surface area contributed by atoms with E-state index in [4.69, 9.17) is 0 Å². The Morgan fingerprint density at radius 2 is 1.94 bits per heavy atom. The maximum atomic E-state index is 13.7. The highest BCUT2D eigenvalue weighted by molar-refractivity contribution is 5.23. The van der Waals surface area contributed by atoms with Gasteiger partial charge in [0.1, 0.15) is 11.6 Å². The predicted molar refractivity (Wildman–Crippen MR) is 68.1 cm³/mol. The molecule has 0 amide bonds. The molecule has 1 atom stereocenters. The molecule has 0 bridgehead atoms. The summed E-state index contributed by atoms with van der Waals surface area (Å²) in [6.45, 7) is 4.13. The van der Waals surface area contributed by atoms with Gasteiger partial charge in [0.2, 0.25) is 0 Å². The first-order chi connectivity index (χ1) is 8.19. The molecular weight excluding hydrogens is 218 g/mol. The van der Waals surface area contributed by atoms with Gasteiger partial charge in [-0.2, -0.15) is 0 Å². The van der Waals surface area contributed by atoms with Crippen LogP contribution in [0.25, 0.3) is 0 Å². The Morgan fingerprint density at radius 1 is 1.18 bits per heavy atom. The fraction of sp³-hybridized carbons (Fsp3) is 0.467. The summed E-state index contributed by atoms with van der Waals surface area (Å²) >= 11 is 0. The molecule has 0 saturated heterocycles. The zero-order valence-corrected chi connectivity index (χ0v) is 10.5. The van der Waals surface area contributed by atoms with Crippen LogP contribution in [0, 0.1) is 11.6 Å². The van der Waals surface area contributed by atoms with Crippen LogP contribution in [0.5, 0.6) is 0 Å². The molecule has 0 heterocycles. The minimum absolute atomic E-state index is 0.0819. The van der Waals surface area contributed by atoms with Gasteiger partial charge in [-0.1, -0.05) is 32.4 Å². The minimum Gasteiger partial charge on any atom is -0.207 e. The molecule has 0 N–H and O–H groups in total. The lowest BCUT2D eigenvalue weighted by molar-refractivity contribution is 0.538. The Morgan fingerprint density at radius 3 is 2.59 bits per heavy atom. The summed E-state index contributed by atoms with van der Waals surface area (Å²) in [4.78, 5) is 0. The molecule has 1 rings (SSSR count). The smallest absolute Gasteiger partial charge is 0.126 e. The molecule has 0 radical (unpaired) electrons. The second-order valence-electron chi connectivity index (χ2n) is 4.27. The Balaban J connectivity index is 2.87. The van der Waals surface area contributed by atoms with E-state index in [2.05, 4.69) is 26.0 Å². The van der Waals surface area contributed by atoms with Crippen molar-refractivity contribution in [2.75, 3.05) is 0 Å². The van der Waals surface area contributed by atoms with Crippen LogP contribution in [0.2, 0.25) is 0 Å². The van der Waals surface area contributed by atoms with E-state index in [0.717, 1.165) is 25.7 Å². The van der Waals surface area contributed by atoms with E-state index >= 15 is 0 Å². The van der Waals surface area contributed by atoms with E-state index in [-0.39, 0.29) is 17.6 Å². The molecule has 2 heteroatoms. The third-order valence-electron chi connectivity index (χ3n) is 2.86. The predicted octanol–water partition coefficient (Wildman–Crippen LogP) is 5.20. The molecule has 0 spiro atoms. The normalized spacial score (nSPS) is 13.2. The average molecular weight is 238 g/mol. The fourth-order valence-electron chi connectivity index (χ4n) is 2.00. The monoisotopic (exact) mass is 238 g/mol. The van der Waals surface area contributed by atoms with Crippen LogP contribution < -0.4 is 0 Å². The van der Waals surface area contributed by atoms with Gasteiger partial charge < -0.3 is 0 Å². The summed E-state index contributed by atoms with van der Waals surface area (Å²) in [6, 6.07) is 3.72. The summed E-state index contributed by atoms with van der Waals surface area (Å²) in [7, 11) is 0. The maximum absolute atomic E-state index is 13.7. The summed E-state index contributed by atoms with van der Waals surface area (Å²) < 4.78 is 26.8. The van der Waals surface area contributed by atoms with Crippen LogP contribution in [0.15, 0.2) is 30.4 Å². The SMILES string of the molecule is CC/C=C\CC(CCC)c1cc(F)ccc1F. The molecule has 1 aromatic carbocycles. The van der Waals surface area contributed by atoms with E-state index < -0.39 is 0 Å². The van der Waals surface area contributed by atoms with Gasteiger partial charge in [0.25, 0.3) is 0 Å². The zero-order chi connectivity index (χ0) is 12.7. The number of rotatable bonds is 6. The van der Waals surface area contributed by atoms with E-state index in [1.165, 1.54) is 18.2 Å². The maximum Gasteiger partial charge on any atom is 0.126 e. The quantitative estimate of drug-likeness (QED) is 0.597. The van der Waals surface area contributed by atoms with E-state index in [1.807, 2.05) is 0 Å². The lowest BCUT2D eigenvalue weighted by Crippen LogP contribution is -2.01. The molecule has 0 aliphatic heterocycles. The number of hydrogen-bond donors (Lipinski definition) is 0. The first kappa shape index (κ1) is 13.9. The van der Waals surface area contributed by atoms with Crippen molar-refractivity contribution in [3.05, 3.63) is 47.5 Å². The van der Waals surface area contributed by atoms with Gasteiger partial charge in [-0.25, -0.2) is 8.78 Å². The first-order valence-electron chi connectivity index (χ1n) is 6.29. The number of benzene rings is 1. The third-order valence-corrected chi connectivity index (χ3v) is 2.86. The fourth-order valence-corrected chi connectivity index (χ4v) is 2.00. The summed E-state index contributed by atoms with van der Waals surface area (Å²) in [5.41, 5.74) is 0.507. The van der Waals surface area contributed by atoms with Crippen molar-refractivity contribution in [3.8, 4) is 0 Å². The van der Waals surface area contributed by atoms with Crippen molar-refractivity contribution in [2.45, 2.75) is 45.4 Å². The highest BCUT2D eigenvalue weighted by Crippen LogP contribution is 2.28. The average Bonchev–Trinajstić information content (AvgIpc) is 2.32. The van der Waals surface area contributed by atoms with E-state index in [9.17, 15) is 8.78 Å². The summed E-state index contributed by atoms with van der Waals surface area (Å²) in [5.74, 6) is -0.574. The van der Waals surface area contributed by atoms with Crippen LogP contribution in [-0.4, -0.2) is 0 Å². The van der Waals surface area contributed by atoms with Crippen LogP contribution in [-0.2, 0) is 0 Å². The summed E-state index contributed by atoms with van der Waals surface area (Å²) in [6.07, 6.45) is 7.74.